The number of ether oxygens (including phenoxy) is 1. The predicted octanol–water partition coefficient (Wildman–Crippen LogP) is 1.52. The molecule has 0 aliphatic rings. The number of methoxy groups -OCH3 is 1. The van der Waals surface area contributed by atoms with Crippen LogP contribution < -0.4 is 10.1 Å². The van der Waals surface area contributed by atoms with E-state index in [0.29, 0.717) is 19.5 Å². The highest BCUT2D eigenvalue weighted by molar-refractivity contribution is 5.30. The molecular weight excluding hydrogens is 268 g/mol. The number of aliphatic hydroxyl groups excluding tert-OH is 1. The summed E-state index contributed by atoms with van der Waals surface area (Å²) in [6, 6.07) is 8.21. The van der Waals surface area contributed by atoms with E-state index in [2.05, 4.69) is 28.6 Å². The molecule has 0 saturated heterocycles. The standard InChI is InChI=1S/C15H22N4O2/c1-12(13-5-3-6-15(9-13)21-2)16-10-14-11-19(18-17-14)7-4-8-20/h3,5-6,9,11-12,16,20H,4,7-8,10H2,1-2H3. The van der Waals surface area contributed by atoms with Gasteiger partial charge >= 0.3 is 0 Å². The molecule has 0 radical (unpaired) electrons. The summed E-state index contributed by atoms with van der Waals surface area (Å²) in [6.07, 6.45) is 2.59. The summed E-state index contributed by atoms with van der Waals surface area (Å²) >= 11 is 0. The number of rotatable bonds is 8. The first kappa shape index (κ1) is 15.5. The average Bonchev–Trinajstić information content (AvgIpc) is 2.98. The Morgan fingerprint density at radius 2 is 2.29 bits per heavy atom. The normalized spacial score (nSPS) is 12.3. The molecule has 114 valence electrons. The summed E-state index contributed by atoms with van der Waals surface area (Å²) in [6.45, 7) is 3.61. The van der Waals surface area contributed by atoms with Gasteiger partial charge in [0.05, 0.1) is 12.8 Å². The van der Waals surface area contributed by atoms with Gasteiger partial charge in [-0.05, 0) is 31.0 Å². The maximum Gasteiger partial charge on any atom is 0.119 e. The largest absolute Gasteiger partial charge is 0.497 e. The molecular formula is C15H22N4O2. The van der Waals surface area contributed by atoms with Crippen molar-refractivity contribution < 1.29 is 9.84 Å². The van der Waals surface area contributed by atoms with Crippen molar-refractivity contribution in [1.29, 1.82) is 0 Å². The van der Waals surface area contributed by atoms with Crippen molar-refractivity contribution in [2.75, 3.05) is 13.7 Å². The maximum absolute atomic E-state index is 8.80. The van der Waals surface area contributed by atoms with Crippen molar-refractivity contribution in [3.8, 4) is 5.75 Å². The van der Waals surface area contributed by atoms with E-state index < -0.39 is 0 Å². The van der Waals surface area contributed by atoms with Crippen LogP contribution in [0.15, 0.2) is 30.5 Å². The number of hydrogen-bond donors (Lipinski definition) is 2. The molecule has 0 aliphatic heterocycles. The number of hydrogen-bond acceptors (Lipinski definition) is 5. The Hall–Kier alpha value is -1.92. The Labute approximate surface area is 124 Å². The maximum atomic E-state index is 8.80. The number of nitrogens with one attached hydrogen (secondary N) is 1. The monoisotopic (exact) mass is 290 g/mol. The smallest absolute Gasteiger partial charge is 0.119 e. The zero-order valence-corrected chi connectivity index (χ0v) is 12.5. The molecule has 6 nitrogen and oxygen atoms in total. The molecule has 0 aliphatic carbocycles. The van der Waals surface area contributed by atoms with Gasteiger partial charge in [0.15, 0.2) is 0 Å². The number of aryl methyl sites for hydroxylation is 1. The molecule has 0 spiro atoms. The van der Waals surface area contributed by atoms with Crippen LogP contribution in [0.25, 0.3) is 0 Å². The molecule has 6 heteroatoms. The van der Waals surface area contributed by atoms with Gasteiger partial charge in [-0.15, -0.1) is 5.10 Å². The minimum absolute atomic E-state index is 0.167. The molecule has 2 N–H and O–H groups in total. The van der Waals surface area contributed by atoms with Crippen LogP contribution in [0.4, 0.5) is 0 Å². The molecule has 0 bridgehead atoms. The highest BCUT2D eigenvalue weighted by Gasteiger charge is 2.07. The van der Waals surface area contributed by atoms with E-state index in [1.807, 2.05) is 24.4 Å². The van der Waals surface area contributed by atoms with Crippen LogP contribution in [-0.2, 0) is 13.1 Å². The van der Waals surface area contributed by atoms with Gasteiger partial charge in [0.2, 0.25) is 0 Å². The number of aromatic nitrogens is 3. The molecule has 2 rings (SSSR count). The van der Waals surface area contributed by atoms with E-state index in [1.165, 1.54) is 5.56 Å². The lowest BCUT2D eigenvalue weighted by molar-refractivity contribution is 0.276. The molecule has 2 aromatic rings. The van der Waals surface area contributed by atoms with Gasteiger partial charge in [-0.1, -0.05) is 17.3 Å². The van der Waals surface area contributed by atoms with Gasteiger partial charge in [0.1, 0.15) is 5.75 Å². The predicted molar refractivity (Wildman–Crippen MR) is 80.0 cm³/mol. The fourth-order valence-electron chi connectivity index (χ4n) is 2.05. The van der Waals surface area contributed by atoms with Gasteiger partial charge in [-0.2, -0.15) is 0 Å². The molecule has 1 aromatic heterocycles. The first-order valence-corrected chi connectivity index (χ1v) is 7.10. The Morgan fingerprint density at radius 3 is 3.05 bits per heavy atom. The highest BCUT2D eigenvalue weighted by atomic mass is 16.5. The average molecular weight is 290 g/mol. The minimum atomic E-state index is 0.167. The number of nitrogens with zero attached hydrogens (tertiary/aromatic N) is 3. The molecule has 1 unspecified atom stereocenters. The summed E-state index contributed by atoms with van der Waals surface area (Å²) in [7, 11) is 1.67. The minimum Gasteiger partial charge on any atom is -0.497 e. The molecule has 1 aromatic carbocycles. The van der Waals surface area contributed by atoms with Gasteiger partial charge in [0.25, 0.3) is 0 Å². The fourth-order valence-corrected chi connectivity index (χ4v) is 2.05. The van der Waals surface area contributed by atoms with Gasteiger partial charge in [-0.25, -0.2) is 0 Å². The van der Waals surface area contributed by atoms with Gasteiger partial charge in [0, 0.05) is 31.9 Å². The third kappa shape index (κ3) is 4.54. The molecule has 0 amide bonds. The van der Waals surface area contributed by atoms with Crippen LogP contribution in [0.2, 0.25) is 0 Å². The zero-order chi connectivity index (χ0) is 15.1. The summed E-state index contributed by atoms with van der Waals surface area (Å²) < 4.78 is 6.99. The van der Waals surface area contributed by atoms with E-state index in [0.717, 1.165) is 11.4 Å². The summed E-state index contributed by atoms with van der Waals surface area (Å²) in [5, 5.41) is 20.4. The molecule has 1 atom stereocenters. The van der Waals surface area contributed by atoms with Crippen LogP contribution in [0.1, 0.15) is 30.6 Å². The third-order valence-corrected chi connectivity index (χ3v) is 3.31. The lowest BCUT2D eigenvalue weighted by atomic mass is 10.1. The second kappa shape index (κ2) is 7.75. The Kier molecular flexibility index (Phi) is 5.71. The van der Waals surface area contributed by atoms with E-state index in [1.54, 1.807) is 11.8 Å². The van der Waals surface area contributed by atoms with E-state index in [9.17, 15) is 0 Å². The number of benzene rings is 1. The van der Waals surface area contributed by atoms with Crippen LogP contribution in [0.3, 0.4) is 0 Å². The Bertz CT molecular complexity index is 556. The van der Waals surface area contributed by atoms with Crippen molar-refractivity contribution in [1.82, 2.24) is 20.3 Å². The van der Waals surface area contributed by atoms with Crippen LogP contribution in [0, 0.1) is 0 Å². The fraction of sp³-hybridized carbons (Fsp3) is 0.467. The Morgan fingerprint density at radius 1 is 1.43 bits per heavy atom. The van der Waals surface area contributed by atoms with Crippen molar-refractivity contribution in [2.24, 2.45) is 0 Å². The Balaban J connectivity index is 1.88. The lowest BCUT2D eigenvalue weighted by Crippen LogP contribution is -2.18. The summed E-state index contributed by atoms with van der Waals surface area (Å²) in [4.78, 5) is 0. The van der Waals surface area contributed by atoms with Crippen molar-refractivity contribution in [3.63, 3.8) is 0 Å². The SMILES string of the molecule is COc1cccc(C(C)NCc2cn(CCCO)nn2)c1. The van der Waals surface area contributed by atoms with Crippen LogP contribution in [0.5, 0.6) is 5.75 Å². The van der Waals surface area contributed by atoms with Crippen molar-refractivity contribution >= 4 is 0 Å². The molecule has 0 fully saturated rings. The van der Waals surface area contributed by atoms with E-state index in [-0.39, 0.29) is 12.6 Å². The quantitative estimate of drug-likeness (QED) is 0.771. The highest BCUT2D eigenvalue weighted by Crippen LogP contribution is 2.18. The van der Waals surface area contributed by atoms with Crippen LogP contribution >= 0.6 is 0 Å². The van der Waals surface area contributed by atoms with Gasteiger partial charge in [-0.3, -0.25) is 4.68 Å². The topological polar surface area (TPSA) is 72.2 Å². The first-order valence-electron chi connectivity index (χ1n) is 7.10. The van der Waals surface area contributed by atoms with E-state index >= 15 is 0 Å². The summed E-state index contributed by atoms with van der Waals surface area (Å²) in [5.74, 6) is 0.857. The number of aliphatic hydroxyl groups is 1. The second-order valence-corrected chi connectivity index (χ2v) is 4.93. The zero-order valence-electron chi connectivity index (χ0n) is 12.5. The van der Waals surface area contributed by atoms with Gasteiger partial charge < -0.3 is 15.2 Å². The second-order valence-electron chi connectivity index (χ2n) is 4.93. The van der Waals surface area contributed by atoms with E-state index in [4.69, 9.17) is 9.84 Å². The molecule has 21 heavy (non-hydrogen) atoms. The summed E-state index contributed by atoms with van der Waals surface area (Å²) in [5.41, 5.74) is 2.06. The van der Waals surface area contributed by atoms with Crippen LogP contribution in [-0.4, -0.2) is 33.8 Å². The lowest BCUT2D eigenvalue weighted by Gasteiger charge is -2.14. The third-order valence-electron chi connectivity index (χ3n) is 3.31. The van der Waals surface area contributed by atoms with Crippen molar-refractivity contribution in [2.45, 2.75) is 32.5 Å². The first-order chi connectivity index (χ1) is 10.2. The van der Waals surface area contributed by atoms with Crippen molar-refractivity contribution in [3.05, 3.63) is 41.7 Å². The molecule has 0 saturated carbocycles. The molecule has 1 heterocycles.